The van der Waals surface area contributed by atoms with Crippen molar-refractivity contribution in [1.29, 1.82) is 0 Å². The average Bonchev–Trinajstić information content (AvgIpc) is 2.82. The van der Waals surface area contributed by atoms with Gasteiger partial charge in [0.1, 0.15) is 0 Å². The quantitative estimate of drug-likeness (QED) is 0.460. The molecule has 21 heavy (non-hydrogen) atoms. The van der Waals surface area contributed by atoms with Crippen molar-refractivity contribution in [3.63, 3.8) is 0 Å². The van der Waals surface area contributed by atoms with Crippen molar-refractivity contribution in [3.8, 4) is 0 Å². The minimum Gasteiger partial charge on any atom is -0.352 e. The van der Waals surface area contributed by atoms with Gasteiger partial charge in [0.2, 0.25) is 11.8 Å². The summed E-state index contributed by atoms with van der Waals surface area (Å²) in [6, 6.07) is 9.15. The maximum atomic E-state index is 11.6. The molecule has 0 spiro atoms. The first-order valence-corrected chi connectivity index (χ1v) is 6.76. The number of nitrogens with one attached hydrogen (secondary N) is 2. The Morgan fingerprint density at radius 2 is 2.05 bits per heavy atom. The highest BCUT2D eigenvalue weighted by molar-refractivity contribution is 6.01. The lowest BCUT2D eigenvalue weighted by atomic mass is 10.2. The topological polar surface area (TPSA) is 78.5 Å². The molecule has 4 amide bonds. The van der Waals surface area contributed by atoms with Crippen LogP contribution in [0.4, 0.5) is 4.79 Å². The number of urea groups is 1. The third kappa shape index (κ3) is 4.45. The summed E-state index contributed by atoms with van der Waals surface area (Å²) in [5.74, 6) is -0.425. The van der Waals surface area contributed by atoms with Crippen LogP contribution in [0.15, 0.2) is 36.4 Å². The SMILES string of the molecule is O=C(/C=C\c1ccccc1)NCCCN1C(=O)CNC1=O. The van der Waals surface area contributed by atoms with E-state index in [2.05, 4.69) is 10.6 Å². The fourth-order valence-electron chi connectivity index (χ4n) is 1.93. The van der Waals surface area contributed by atoms with Crippen molar-refractivity contribution < 1.29 is 14.4 Å². The van der Waals surface area contributed by atoms with Crippen LogP contribution in [-0.2, 0) is 9.59 Å². The van der Waals surface area contributed by atoms with E-state index in [9.17, 15) is 14.4 Å². The van der Waals surface area contributed by atoms with Gasteiger partial charge in [0.15, 0.2) is 0 Å². The molecule has 1 fully saturated rings. The molecule has 6 nitrogen and oxygen atoms in total. The maximum Gasteiger partial charge on any atom is 0.324 e. The molecule has 6 heteroatoms. The van der Waals surface area contributed by atoms with E-state index in [0.29, 0.717) is 19.5 Å². The second-order valence-electron chi connectivity index (χ2n) is 4.59. The first kappa shape index (κ1) is 14.8. The smallest absolute Gasteiger partial charge is 0.324 e. The fraction of sp³-hybridized carbons (Fsp3) is 0.267. The molecule has 1 aromatic rings. The minimum absolute atomic E-state index is 0.0605. The van der Waals surface area contributed by atoms with Gasteiger partial charge in [-0.3, -0.25) is 14.5 Å². The molecule has 2 N–H and O–H groups in total. The molecule has 1 heterocycles. The number of carbonyl (C=O) groups is 3. The van der Waals surface area contributed by atoms with Gasteiger partial charge in [-0.15, -0.1) is 0 Å². The Bertz CT molecular complexity index is 539. The monoisotopic (exact) mass is 287 g/mol. The van der Waals surface area contributed by atoms with Gasteiger partial charge in [-0.05, 0) is 18.1 Å². The molecule has 1 aliphatic heterocycles. The van der Waals surface area contributed by atoms with Crippen LogP contribution in [0, 0.1) is 0 Å². The highest BCUT2D eigenvalue weighted by Gasteiger charge is 2.27. The summed E-state index contributed by atoms with van der Waals surface area (Å²) in [5, 5.41) is 5.16. The normalized spacial score (nSPS) is 14.6. The van der Waals surface area contributed by atoms with Gasteiger partial charge >= 0.3 is 6.03 Å². The van der Waals surface area contributed by atoms with Crippen LogP contribution in [0.25, 0.3) is 6.08 Å². The van der Waals surface area contributed by atoms with Crippen LogP contribution in [0.3, 0.4) is 0 Å². The van der Waals surface area contributed by atoms with Crippen LogP contribution in [0.2, 0.25) is 0 Å². The molecular formula is C15H17N3O3. The zero-order valence-electron chi connectivity index (χ0n) is 11.5. The molecule has 0 aliphatic carbocycles. The third-order valence-electron chi connectivity index (χ3n) is 3.02. The lowest BCUT2D eigenvalue weighted by Gasteiger charge is -2.11. The predicted molar refractivity (Wildman–Crippen MR) is 78.2 cm³/mol. The van der Waals surface area contributed by atoms with Gasteiger partial charge in [0.25, 0.3) is 0 Å². The van der Waals surface area contributed by atoms with Crippen LogP contribution < -0.4 is 10.6 Å². The zero-order valence-corrected chi connectivity index (χ0v) is 11.5. The molecule has 2 rings (SSSR count). The van der Waals surface area contributed by atoms with Crippen molar-refractivity contribution >= 4 is 23.9 Å². The van der Waals surface area contributed by atoms with Gasteiger partial charge in [0, 0.05) is 19.2 Å². The Hall–Kier alpha value is -2.63. The largest absolute Gasteiger partial charge is 0.352 e. The summed E-state index contributed by atoms with van der Waals surface area (Å²) >= 11 is 0. The van der Waals surface area contributed by atoms with E-state index in [1.54, 1.807) is 6.08 Å². The van der Waals surface area contributed by atoms with Crippen molar-refractivity contribution in [2.24, 2.45) is 0 Å². The van der Waals surface area contributed by atoms with Crippen molar-refractivity contribution in [3.05, 3.63) is 42.0 Å². The number of hydrogen-bond donors (Lipinski definition) is 2. The lowest BCUT2D eigenvalue weighted by molar-refractivity contribution is -0.125. The molecule has 0 radical (unpaired) electrons. The summed E-state index contributed by atoms with van der Waals surface area (Å²) in [5.41, 5.74) is 0.951. The lowest BCUT2D eigenvalue weighted by Crippen LogP contribution is -2.34. The van der Waals surface area contributed by atoms with E-state index < -0.39 is 0 Å². The molecule has 1 aromatic carbocycles. The second kappa shape index (κ2) is 7.23. The van der Waals surface area contributed by atoms with Gasteiger partial charge in [-0.1, -0.05) is 30.3 Å². The van der Waals surface area contributed by atoms with Crippen LogP contribution in [0.1, 0.15) is 12.0 Å². The van der Waals surface area contributed by atoms with Crippen LogP contribution in [-0.4, -0.2) is 42.4 Å². The van der Waals surface area contributed by atoms with E-state index in [-0.39, 0.29) is 24.4 Å². The number of carbonyl (C=O) groups excluding carboxylic acids is 3. The van der Waals surface area contributed by atoms with E-state index in [0.717, 1.165) is 10.5 Å². The zero-order chi connectivity index (χ0) is 15.1. The summed E-state index contributed by atoms with van der Waals surface area (Å²) in [7, 11) is 0. The van der Waals surface area contributed by atoms with Crippen LogP contribution in [0.5, 0.6) is 0 Å². The fourth-order valence-corrected chi connectivity index (χ4v) is 1.93. The summed E-state index contributed by atoms with van der Waals surface area (Å²) < 4.78 is 0. The standard InChI is InChI=1S/C15H17N3O3/c19-13(8-7-12-5-2-1-3-6-12)16-9-4-10-18-14(20)11-17-15(18)21/h1-3,5-8H,4,9-11H2,(H,16,19)(H,17,21)/b8-7-. The Labute approximate surface area is 122 Å². The molecule has 0 atom stereocenters. The van der Waals surface area contributed by atoms with E-state index in [1.807, 2.05) is 30.3 Å². The molecule has 1 saturated heterocycles. The number of imide groups is 1. The minimum atomic E-state index is -0.365. The molecular weight excluding hydrogens is 270 g/mol. The maximum absolute atomic E-state index is 11.6. The molecule has 1 aliphatic rings. The third-order valence-corrected chi connectivity index (χ3v) is 3.02. The van der Waals surface area contributed by atoms with E-state index in [4.69, 9.17) is 0 Å². The second-order valence-corrected chi connectivity index (χ2v) is 4.59. The van der Waals surface area contributed by atoms with Gasteiger partial charge in [-0.25, -0.2) is 4.79 Å². The van der Waals surface area contributed by atoms with Gasteiger partial charge < -0.3 is 10.6 Å². The molecule has 0 unspecified atom stereocenters. The summed E-state index contributed by atoms with van der Waals surface area (Å²) in [6.07, 6.45) is 3.72. The number of hydrogen-bond acceptors (Lipinski definition) is 3. The van der Waals surface area contributed by atoms with Gasteiger partial charge in [-0.2, -0.15) is 0 Å². The van der Waals surface area contributed by atoms with E-state index >= 15 is 0 Å². The number of rotatable bonds is 6. The molecule has 110 valence electrons. The predicted octanol–water partition coefficient (Wildman–Crippen LogP) is 0.758. The Balaban J connectivity index is 1.67. The van der Waals surface area contributed by atoms with Crippen molar-refractivity contribution in [2.75, 3.05) is 19.6 Å². The van der Waals surface area contributed by atoms with Crippen LogP contribution >= 0.6 is 0 Å². The Morgan fingerprint density at radius 3 is 2.71 bits per heavy atom. The molecule has 0 saturated carbocycles. The molecule has 0 bridgehead atoms. The van der Waals surface area contributed by atoms with Gasteiger partial charge in [0.05, 0.1) is 6.54 Å². The van der Waals surface area contributed by atoms with Crippen molar-refractivity contribution in [2.45, 2.75) is 6.42 Å². The molecule has 0 aromatic heterocycles. The van der Waals surface area contributed by atoms with E-state index in [1.165, 1.54) is 6.08 Å². The Kier molecular flexibility index (Phi) is 5.09. The first-order valence-electron chi connectivity index (χ1n) is 6.76. The van der Waals surface area contributed by atoms with Crippen molar-refractivity contribution in [1.82, 2.24) is 15.5 Å². The summed E-state index contributed by atoms with van der Waals surface area (Å²) in [4.78, 5) is 35.3. The highest BCUT2D eigenvalue weighted by Crippen LogP contribution is 2.01. The number of nitrogens with zero attached hydrogens (tertiary/aromatic N) is 1. The first-order chi connectivity index (χ1) is 10.2. The average molecular weight is 287 g/mol. The summed E-state index contributed by atoms with van der Waals surface area (Å²) in [6.45, 7) is 0.785. The Morgan fingerprint density at radius 1 is 1.29 bits per heavy atom. The number of benzene rings is 1. The number of amides is 4. The highest BCUT2D eigenvalue weighted by atomic mass is 16.2.